The molecule has 6 heteroatoms. The van der Waals surface area contributed by atoms with Gasteiger partial charge in [0.05, 0.1) is 6.54 Å². The Morgan fingerprint density at radius 1 is 1.07 bits per heavy atom. The van der Waals surface area contributed by atoms with Crippen molar-refractivity contribution in [3.63, 3.8) is 0 Å². The molecule has 0 amide bonds. The van der Waals surface area contributed by atoms with Gasteiger partial charge in [0.1, 0.15) is 5.82 Å². The molecule has 1 unspecified atom stereocenters. The molecule has 0 spiro atoms. The summed E-state index contributed by atoms with van der Waals surface area (Å²) in [7, 11) is 0. The van der Waals surface area contributed by atoms with E-state index < -0.39 is 0 Å². The molecule has 30 heavy (non-hydrogen) atoms. The number of aliphatic imine (C=N–C) groups is 1. The summed E-state index contributed by atoms with van der Waals surface area (Å²) < 4.78 is 0. The van der Waals surface area contributed by atoms with Gasteiger partial charge in [-0.25, -0.2) is 4.98 Å². The second-order valence-corrected chi connectivity index (χ2v) is 7.92. The molecule has 3 aromatic rings. The Bertz CT molecular complexity index is 1060. The molecule has 0 radical (unpaired) electrons. The summed E-state index contributed by atoms with van der Waals surface area (Å²) in [5.41, 5.74) is 5.72. The van der Waals surface area contributed by atoms with E-state index in [-0.39, 0.29) is 6.04 Å². The second-order valence-electron chi connectivity index (χ2n) is 7.92. The van der Waals surface area contributed by atoms with E-state index in [0.29, 0.717) is 0 Å². The number of aryl methyl sites for hydroxylation is 1. The minimum atomic E-state index is 0.269. The van der Waals surface area contributed by atoms with Gasteiger partial charge in [-0.05, 0) is 48.7 Å². The van der Waals surface area contributed by atoms with Crippen LogP contribution in [0, 0.1) is 6.92 Å². The Morgan fingerprint density at radius 3 is 2.87 bits per heavy atom. The minimum absolute atomic E-state index is 0.269. The van der Waals surface area contributed by atoms with E-state index in [1.807, 2.05) is 19.2 Å². The summed E-state index contributed by atoms with van der Waals surface area (Å²) in [6.07, 6.45) is 3.00. The van der Waals surface area contributed by atoms with Crippen LogP contribution in [0.3, 0.4) is 0 Å². The lowest BCUT2D eigenvalue weighted by Crippen LogP contribution is -2.32. The smallest absolute Gasteiger partial charge is 0.227 e. The number of hydrogen-bond donors (Lipinski definition) is 2. The average Bonchev–Trinajstić information content (AvgIpc) is 3.08. The van der Waals surface area contributed by atoms with Crippen molar-refractivity contribution in [1.29, 1.82) is 0 Å². The van der Waals surface area contributed by atoms with Crippen LogP contribution in [0.2, 0.25) is 0 Å². The molecule has 1 aromatic heterocycles. The summed E-state index contributed by atoms with van der Waals surface area (Å²) in [6.45, 7) is 5.58. The predicted molar refractivity (Wildman–Crippen MR) is 122 cm³/mol. The monoisotopic (exact) mass is 398 g/mol. The Hall–Kier alpha value is -3.25. The summed E-state index contributed by atoms with van der Waals surface area (Å²) in [5, 5.41) is 7.12. The van der Waals surface area contributed by atoms with Crippen LogP contribution in [0.25, 0.3) is 0 Å². The highest BCUT2D eigenvalue weighted by molar-refractivity contribution is 5.86. The number of hydrogen-bond acceptors (Lipinski definition) is 6. The Balaban J connectivity index is 1.39. The topological polar surface area (TPSA) is 65.4 Å². The lowest BCUT2D eigenvalue weighted by atomic mass is 10.1. The fourth-order valence-electron chi connectivity index (χ4n) is 4.10. The molecule has 1 saturated heterocycles. The summed E-state index contributed by atoms with van der Waals surface area (Å²) in [5.74, 6) is 1.60. The number of benzene rings is 2. The van der Waals surface area contributed by atoms with Crippen LogP contribution in [-0.4, -0.2) is 35.8 Å². The van der Waals surface area contributed by atoms with Crippen molar-refractivity contribution in [2.24, 2.45) is 4.99 Å². The number of fused-ring (bicyclic) bond motifs is 1. The molecule has 2 aromatic carbocycles. The van der Waals surface area contributed by atoms with E-state index in [1.165, 1.54) is 16.7 Å². The molecule has 1 atom stereocenters. The van der Waals surface area contributed by atoms with Crippen molar-refractivity contribution in [2.75, 3.05) is 29.9 Å². The Labute approximate surface area is 177 Å². The zero-order valence-corrected chi connectivity index (χ0v) is 17.2. The second kappa shape index (κ2) is 8.24. The SMILES string of the molecule is Cc1cc(Nc2ccc3c(c2)C=NC3)nc(N2CCCNC(c3ccccc3)C2)n1. The van der Waals surface area contributed by atoms with Crippen molar-refractivity contribution < 1.29 is 0 Å². The van der Waals surface area contributed by atoms with E-state index >= 15 is 0 Å². The number of anilines is 3. The van der Waals surface area contributed by atoms with E-state index in [0.717, 1.165) is 55.7 Å². The molecular formula is C24H26N6. The van der Waals surface area contributed by atoms with Crippen molar-refractivity contribution >= 4 is 23.7 Å². The van der Waals surface area contributed by atoms with Gasteiger partial charge in [0, 0.05) is 42.8 Å². The Morgan fingerprint density at radius 2 is 1.97 bits per heavy atom. The van der Waals surface area contributed by atoms with Gasteiger partial charge in [0.25, 0.3) is 0 Å². The lowest BCUT2D eigenvalue weighted by molar-refractivity contribution is 0.568. The first-order valence-electron chi connectivity index (χ1n) is 10.5. The van der Waals surface area contributed by atoms with Gasteiger partial charge in [-0.3, -0.25) is 4.99 Å². The van der Waals surface area contributed by atoms with Crippen LogP contribution in [0.5, 0.6) is 0 Å². The Kier molecular flexibility index (Phi) is 5.15. The highest BCUT2D eigenvalue weighted by Crippen LogP contribution is 2.25. The number of aromatic nitrogens is 2. The van der Waals surface area contributed by atoms with Crippen LogP contribution in [0.1, 0.15) is 34.8 Å². The van der Waals surface area contributed by atoms with Gasteiger partial charge in [-0.15, -0.1) is 0 Å². The van der Waals surface area contributed by atoms with E-state index in [1.54, 1.807) is 0 Å². The maximum Gasteiger partial charge on any atom is 0.227 e. The van der Waals surface area contributed by atoms with Gasteiger partial charge in [0.15, 0.2) is 0 Å². The normalized spacial score (nSPS) is 18.2. The quantitative estimate of drug-likeness (QED) is 0.695. The van der Waals surface area contributed by atoms with Crippen LogP contribution in [-0.2, 0) is 6.54 Å². The maximum atomic E-state index is 4.86. The molecule has 1 fully saturated rings. The molecule has 0 saturated carbocycles. The number of rotatable bonds is 4. The molecule has 6 nitrogen and oxygen atoms in total. The largest absolute Gasteiger partial charge is 0.340 e. The predicted octanol–water partition coefficient (Wildman–Crippen LogP) is 4.00. The zero-order valence-electron chi connectivity index (χ0n) is 17.2. The van der Waals surface area contributed by atoms with Crippen LogP contribution in [0.15, 0.2) is 59.6 Å². The summed E-state index contributed by atoms with van der Waals surface area (Å²) in [6, 6.07) is 19.2. The summed E-state index contributed by atoms with van der Waals surface area (Å²) in [4.78, 5) is 16.2. The van der Waals surface area contributed by atoms with E-state index in [2.05, 4.69) is 69.1 Å². The fourth-order valence-corrected chi connectivity index (χ4v) is 4.10. The van der Waals surface area contributed by atoms with Crippen molar-refractivity contribution in [3.05, 3.63) is 77.0 Å². The van der Waals surface area contributed by atoms with Crippen molar-refractivity contribution in [2.45, 2.75) is 25.9 Å². The lowest BCUT2D eigenvalue weighted by Gasteiger charge is -2.25. The highest BCUT2D eigenvalue weighted by atomic mass is 15.3. The summed E-state index contributed by atoms with van der Waals surface area (Å²) >= 11 is 0. The first-order valence-corrected chi connectivity index (χ1v) is 10.5. The molecule has 0 aliphatic carbocycles. The zero-order chi connectivity index (χ0) is 20.3. The van der Waals surface area contributed by atoms with Crippen molar-refractivity contribution in [3.8, 4) is 0 Å². The third-order valence-corrected chi connectivity index (χ3v) is 5.64. The fraction of sp³-hybridized carbons (Fsp3) is 0.292. The standard InChI is InChI=1S/C24H26N6/c1-17-12-23(28-21-9-8-19-14-25-15-20(19)13-21)29-24(27-17)30-11-5-10-26-22(16-30)18-6-3-2-4-7-18/h2-4,6-9,12-13,15,22,26H,5,10-11,14,16H2,1H3,(H,27,28,29). The molecule has 3 heterocycles. The van der Waals surface area contributed by atoms with Gasteiger partial charge >= 0.3 is 0 Å². The van der Waals surface area contributed by atoms with Gasteiger partial charge < -0.3 is 15.5 Å². The van der Waals surface area contributed by atoms with Gasteiger partial charge in [-0.2, -0.15) is 4.98 Å². The number of nitrogens with one attached hydrogen (secondary N) is 2. The van der Waals surface area contributed by atoms with Crippen LogP contribution in [0.4, 0.5) is 17.5 Å². The molecule has 2 aliphatic heterocycles. The number of nitrogens with zero attached hydrogens (tertiary/aromatic N) is 4. The van der Waals surface area contributed by atoms with Gasteiger partial charge in [0.2, 0.25) is 5.95 Å². The molecule has 2 N–H and O–H groups in total. The highest BCUT2D eigenvalue weighted by Gasteiger charge is 2.21. The molecule has 152 valence electrons. The molecular weight excluding hydrogens is 372 g/mol. The first-order chi connectivity index (χ1) is 14.7. The maximum absolute atomic E-state index is 4.86. The third kappa shape index (κ3) is 4.04. The van der Waals surface area contributed by atoms with Gasteiger partial charge in [-0.1, -0.05) is 36.4 Å². The van der Waals surface area contributed by atoms with Crippen molar-refractivity contribution in [1.82, 2.24) is 15.3 Å². The van der Waals surface area contributed by atoms with Crippen LogP contribution >= 0.6 is 0 Å². The third-order valence-electron chi connectivity index (χ3n) is 5.64. The molecule has 2 aliphatic rings. The molecule has 5 rings (SSSR count). The first kappa shape index (κ1) is 18.8. The van der Waals surface area contributed by atoms with E-state index in [4.69, 9.17) is 9.97 Å². The van der Waals surface area contributed by atoms with Crippen LogP contribution < -0.4 is 15.5 Å². The van der Waals surface area contributed by atoms with E-state index in [9.17, 15) is 0 Å². The average molecular weight is 399 g/mol. The molecule has 0 bridgehead atoms. The minimum Gasteiger partial charge on any atom is -0.340 e.